The minimum atomic E-state index is -0.0317. The standard InChI is InChI=1S/C18H31N3O/c1-12(2)10-19-16-7-15(18(22)21-14(5)6)8-17(9-16)20-11-13(3)4/h7-9,12-14,19-20H,10-11H2,1-6H3,(H,21,22). The Morgan fingerprint density at radius 1 is 0.864 bits per heavy atom. The van der Waals surface area contributed by atoms with E-state index in [1.165, 1.54) is 0 Å². The molecular formula is C18H31N3O. The predicted molar refractivity (Wildman–Crippen MR) is 95.7 cm³/mol. The SMILES string of the molecule is CC(C)CNc1cc(NCC(C)C)cc(C(=O)NC(C)C)c1. The van der Waals surface area contributed by atoms with Crippen LogP contribution in [-0.4, -0.2) is 25.0 Å². The maximum atomic E-state index is 12.3. The van der Waals surface area contributed by atoms with Crippen molar-refractivity contribution in [2.75, 3.05) is 23.7 Å². The molecule has 0 bridgehead atoms. The lowest BCUT2D eigenvalue weighted by atomic mass is 10.1. The summed E-state index contributed by atoms with van der Waals surface area (Å²) in [5, 5.41) is 9.75. The predicted octanol–water partition coefficient (Wildman–Crippen LogP) is 3.96. The molecule has 0 aromatic heterocycles. The molecule has 4 nitrogen and oxygen atoms in total. The number of benzene rings is 1. The quantitative estimate of drug-likeness (QED) is 0.681. The molecule has 0 aliphatic carbocycles. The topological polar surface area (TPSA) is 53.2 Å². The van der Waals surface area contributed by atoms with Crippen LogP contribution in [0, 0.1) is 11.8 Å². The van der Waals surface area contributed by atoms with E-state index in [2.05, 4.69) is 49.7 Å². The van der Waals surface area contributed by atoms with Gasteiger partial charge in [-0.2, -0.15) is 0 Å². The van der Waals surface area contributed by atoms with Crippen LogP contribution in [0.3, 0.4) is 0 Å². The number of rotatable bonds is 8. The monoisotopic (exact) mass is 305 g/mol. The summed E-state index contributed by atoms with van der Waals surface area (Å²) in [5.74, 6) is 1.08. The first-order chi connectivity index (χ1) is 10.3. The average molecular weight is 305 g/mol. The third-order valence-electron chi connectivity index (χ3n) is 3.04. The van der Waals surface area contributed by atoms with E-state index in [0.29, 0.717) is 17.4 Å². The second kappa shape index (κ2) is 8.66. The van der Waals surface area contributed by atoms with Crippen molar-refractivity contribution in [1.82, 2.24) is 5.32 Å². The minimum absolute atomic E-state index is 0.0317. The van der Waals surface area contributed by atoms with Crippen LogP contribution in [0.25, 0.3) is 0 Å². The third kappa shape index (κ3) is 6.83. The molecule has 0 heterocycles. The molecule has 0 radical (unpaired) electrons. The Kier molecular flexibility index (Phi) is 7.22. The van der Waals surface area contributed by atoms with Crippen LogP contribution in [0.15, 0.2) is 18.2 Å². The molecule has 0 fully saturated rings. The highest BCUT2D eigenvalue weighted by atomic mass is 16.1. The summed E-state index contributed by atoms with van der Waals surface area (Å²) in [5.41, 5.74) is 2.65. The van der Waals surface area contributed by atoms with Gasteiger partial charge in [0, 0.05) is 36.1 Å². The van der Waals surface area contributed by atoms with Gasteiger partial charge in [-0.3, -0.25) is 4.79 Å². The van der Waals surface area contributed by atoms with E-state index in [-0.39, 0.29) is 11.9 Å². The van der Waals surface area contributed by atoms with E-state index in [0.717, 1.165) is 24.5 Å². The number of carbonyl (C=O) groups is 1. The highest BCUT2D eigenvalue weighted by Crippen LogP contribution is 2.20. The Bertz CT molecular complexity index is 451. The van der Waals surface area contributed by atoms with E-state index in [9.17, 15) is 4.79 Å². The van der Waals surface area contributed by atoms with Crippen LogP contribution in [0.1, 0.15) is 51.9 Å². The zero-order valence-electron chi connectivity index (χ0n) is 14.8. The van der Waals surface area contributed by atoms with E-state index in [1.54, 1.807) is 0 Å². The van der Waals surface area contributed by atoms with Gasteiger partial charge in [0.15, 0.2) is 0 Å². The van der Waals surface area contributed by atoms with E-state index in [1.807, 2.05) is 26.0 Å². The van der Waals surface area contributed by atoms with Crippen molar-refractivity contribution in [2.24, 2.45) is 11.8 Å². The second-order valence-electron chi connectivity index (χ2n) is 6.98. The van der Waals surface area contributed by atoms with Gasteiger partial charge < -0.3 is 16.0 Å². The normalized spacial score (nSPS) is 11.1. The molecule has 22 heavy (non-hydrogen) atoms. The molecule has 0 aliphatic heterocycles. The zero-order chi connectivity index (χ0) is 16.7. The van der Waals surface area contributed by atoms with Crippen molar-refractivity contribution in [1.29, 1.82) is 0 Å². The first-order valence-corrected chi connectivity index (χ1v) is 8.21. The van der Waals surface area contributed by atoms with E-state index < -0.39 is 0 Å². The van der Waals surface area contributed by atoms with Gasteiger partial charge >= 0.3 is 0 Å². The molecule has 0 aliphatic rings. The van der Waals surface area contributed by atoms with Gasteiger partial charge in [-0.25, -0.2) is 0 Å². The van der Waals surface area contributed by atoms with Crippen LogP contribution in [0.4, 0.5) is 11.4 Å². The molecule has 1 amide bonds. The summed E-state index contributed by atoms with van der Waals surface area (Å²) in [6.07, 6.45) is 0. The summed E-state index contributed by atoms with van der Waals surface area (Å²) in [4.78, 5) is 12.3. The van der Waals surface area contributed by atoms with Gasteiger partial charge in [-0.15, -0.1) is 0 Å². The highest BCUT2D eigenvalue weighted by Gasteiger charge is 2.10. The Hall–Kier alpha value is -1.71. The third-order valence-corrected chi connectivity index (χ3v) is 3.04. The van der Waals surface area contributed by atoms with Crippen LogP contribution >= 0.6 is 0 Å². The maximum absolute atomic E-state index is 12.3. The summed E-state index contributed by atoms with van der Waals surface area (Å²) < 4.78 is 0. The lowest BCUT2D eigenvalue weighted by Gasteiger charge is -2.16. The van der Waals surface area contributed by atoms with Crippen molar-refractivity contribution >= 4 is 17.3 Å². The Balaban J connectivity index is 2.95. The number of carbonyl (C=O) groups excluding carboxylic acids is 1. The molecule has 0 unspecified atom stereocenters. The molecule has 0 saturated carbocycles. The molecule has 0 spiro atoms. The van der Waals surface area contributed by atoms with E-state index >= 15 is 0 Å². The van der Waals surface area contributed by atoms with Gasteiger partial charge in [0.25, 0.3) is 5.91 Å². The van der Waals surface area contributed by atoms with Crippen molar-refractivity contribution in [2.45, 2.75) is 47.6 Å². The average Bonchev–Trinajstić information content (AvgIpc) is 2.42. The van der Waals surface area contributed by atoms with Gasteiger partial charge in [-0.05, 0) is 43.9 Å². The van der Waals surface area contributed by atoms with Gasteiger partial charge in [0.05, 0.1) is 0 Å². The Morgan fingerprint density at radius 2 is 1.32 bits per heavy atom. The van der Waals surface area contributed by atoms with Crippen LogP contribution in [-0.2, 0) is 0 Å². The molecule has 0 atom stereocenters. The second-order valence-corrected chi connectivity index (χ2v) is 6.98. The van der Waals surface area contributed by atoms with Crippen LogP contribution < -0.4 is 16.0 Å². The van der Waals surface area contributed by atoms with Crippen LogP contribution in [0.2, 0.25) is 0 Å². The Labute approximate surface area is 135 Å². The van der Waals surface area contributed by atoms with Gasteiger partial charge in [0.1, 0.15) is 0 Å². The fourth-order valence-electron chi connectivity index (χ4n) is 1.95. The van der Waals surface area contributed by atoms with Crippen molar-refractivity contribution in [3.05, 3.63) is 23.8 Å². The highest BCUT2D eigenvalue weighted by molar-refractivity contribution is 5.96. The first-order valence-electron chi connectivity index (χ1n) is 8.21. The summed E-state index contributed by atoms with van der Waals surface area (Å²) in [6.45, 7) is 14.4. The molecule has 1 aromatic rings. The van der Waals surface area contributed by atoms with Gasteiger partial charge in [0.2, 0.25) is 0 Å². The summed E-state index contributed by atoms with van der Waals surface area (Å²) >= 11 is 0. The van der Waals surface area contributed by atoms with Crippen molar-refractivity contribution in [3.63, 3.8) is 0 Å². The van der Waals surface area contributed by atoms with Crippen LogP contribution in [0.5, 0.6) is 0 Å². The lowest BCUT2D eigenvalue weighted by molar-refractivity contribution is 0.0943. The molecule has 124 valence electrons. The fourth-order valence-corrected chi connectivity index (χ4v) is 1.95. The number of hydrogen-bond acceptors (Lipinski definition) is 3. The largest absolute Gasteiger partial charge is 0.385 e. The molecule has 0 saturated heterocycles. The van der Waals surface area contributed by atoms with Crippen molar-refractivity contribution < 1.29 is 4.79 Å². The molecule has 1 aromatic carbocycles. The van der Waals surface area contributed by atoms with Crippen molar-refractivity contribution in [3.8, 4) is 0 Å². The lowest BCUT2D eigenvalue weighted by Crippen LogP contribution is -2.30. The number of nitrogens with one attached hydrogen (secondary N) is 3. The zero-order valence-corrected chi connectivity index (χ0v) is 14.8. The van der Waals surface area contributed by atoms with Gasteiger partial charge in [-0.1, -0.05) is 27.7 Å². The maximum Gasteiger partial charge on any atom is 0.251 e. The number of hydrogen-bond donors (Lipinski definition) is 3. The number of anilines is 2. The minimum Gasteiger partial charge on any atom is -0.385 e. The smallest absolute Gasteiger partial charge is 0.251 e. The van der Waals surface area contributed by atoms with E-state index in [4.69, 9.17) is 0 Å². The first kappa shape index (κ1) is 18.3. The Morgan fingerprint density at radius 3 is 1.68 bits per heavy atom. The number of amides is 1. The molecule has 3 N–H and O–H groups in total. The molecule has 1 rings (SSSR count). The molecular weight excluding hydrogens is 274 g/mol. The molecule has 4 heteroatoms. The summed E-state index contributed by atoms with van der Waals surface area (Å²) in [7, 11) is 0. The summed E-state index contributed by atoms with van der Waals surface area (Å²) in [6, 6.07) is 6.03. The fraction of sp³-hybridized carbons (Fsp3) is 0.611.